The zero-order chi connectivity index (χ0) is 36.6. The van der Waals surface area contributed by atoms with Crippen molar-refractivity contribution in [1.29, 1.82) is 0 Å². The first kappa shape index (κ1) is 39.1. The van der Waals surface area contributed by atoms with Crippen LogP contribution in [0.15, 0.2) is 109 Å². The van der Waals surface area contributed by atoms with E-state index in [4.69, 9.17) is 9.90 Å². The standard InChI is InChI=1S/C39H48N4O.C2HF3O2/c1-31(2)27-40-28-34-16-11-18-35(26-34)38-19-10-9-17-36(38)30-43(39(44)41-23-20-32-12-5-3-6-13-32)37-21-24-42(25-22-37)29-33-14-7-4-8-15-33;3-2(4,5)1(6)7/h3-19,26,31,37,40H,20-25,27-30H2,1-2H3,(H,41,44);(H,6,7). The van der Waals surface area contributed by atoms with E-state index in [1.807, 2.05) is 6.07 Å². The van der Waals surface area contributed by atoms with E-state index in [1.54, 1.807) is 0 Å². The van der Waals surface area contributed by atoms with Crippen LogP contribution in [0.4, 0.5) is 18.0 Å². The Morgan fingerprint density at radius 1 is 0.843 bits per heavy atom. The number of carboxylic acids is 1. The number of aliphatic carboxylic acids is 1. The highest BCUT2D eigenvalue weighted by Crippen LogP contribution is 2.28. The average Bonchev–Trinajstić information content (AvgIpc) is 3.12. The van der Waals surface area contributed by atoms with E-state index in [-0.39, 0.29) is 12.1 Å². The molecular weight excluding hydrogens is 653 g/mol. The molecule has 1 aliphatic rings. The first-order valence-corrected chi connectivity index (χ1v) is 17.5. The van der Waals surface area contributed by atoms with Gasteiger partial charge < -0.3 is 20.6 Å². The lowest BCUT2D eigenvalue weighted by Gasteiger charge is -2.39. The Morgan fingerprint density at radius 2 is 1.43 bits per heavy atom. The van der Waals surface area contributed by atoms with Gasteiger partial charge >= 0.3 is 18.2 Å². The van der Waals surface area contributed by atoms with E-state index in [9.17, 15) is 18.0 Å². The molecule has 272 valence electrons. The van der Waals surface area contributed by atoms with E-state index < -0.39 is 12.1 Å². The summed E-state index contributed by atoms with van der Waals surface area (Å²) >= 11 is 0. The number of benzene rings is 4. The number of rotatable bonds is 13. The molecule has 4 aromatic rings. The Kier molecular flexibility index (Phi) is 15.1. The molecule has 3 N–H and O–H groups in total. The van der Waals surface area contributed by atoms with Crippen LogP contribution in [-0.4, -0.2) is 65.3 Å². The molecule has 1 aliphatic heterocycles. The van der Waals surface area contributed by atoms with Crippen LogP contribution in [0.2, 0.25) is 0 Å². The van der Waals surface area contributed by atoms with Crippen molar-refractivity contribution in [1.82, 2.24) is 20.4 Å². The van der Waals surface area contributed by atoms with Gasteiger partial charge in [0.25, 0.3) is 0 Å². The molecule has 1 saturated heterocycles. The van der Waals surface area contributed by atoms with Crippen LogP contribution in [0, 0.1) is 5.92 Å². The minimum absolute atomic E-state index is 0.0314. The summed E-state index contributed by atoms with van der Waals surface area (Å²) in [5.41, 5.74) is 7.44. The molecule has 0 aliphatic carbocycles. The number of carbonyl (C=O) groups excluding carboxylic acids is 1. The van der Waals surface area contributed by atoms with Crippen LogP contribution in [0.3, 0.4) is 0 Å². The summed E-state index contributed by atoms with van der Waals surface area (Å²) in [4.78, 5) is 27.4. The third-order valence-corrected chi connectivity index (χ3v) is 8.76. The highest BCUT2D eigenvalue weighted by molar-refractivity contribution is 5.76. The Morgan fingerprint density at radius 3 is 2.06 bits per heavy atom. The lowest BCUT2D eigenvalue weighted by Crippen LogP contribution is -2.50. The first-order chi connectivity index (χ1) is 24.5. The van der Waals surface area contributed by atoms with Crippen molar-refractivity contribution >= 4 is 12.0 Å². The van der Waals surface area contributed by atoms with Crippen molar-refractivity contribution in [2.45, 2.75) is 65.0 Å². The Bertz CT molecular complexity index is 1640. The highest BCUT2D eigenvalue weighted by Gasteiger charge is 2.38. The van der Waals surface area contributed by atoms with Crippen molar-refractivity contribution in [3.8, 4) is 11.1 Å². The smallest absolute Gasteiger partial charge is 0.475 e. The number of carboxylic acid groups (broad SMARTS) is 1. The maximum Gasteiger partial charge on any atom is 0.490 e. The topological polar surface area (TPSA) is 84.9 Å². The molecule has 0 aromatic heterocycles. The minimum Gasteiger partial charge on any atom is -0.475 e. The molecule has 0 bridgehead atoms. The summed E-state index contributed by atoms with van der Waals surface area (Å²) < 4.78 is 31.7. The van der Waals surface area contributed by atoms with Crippen LogP contribution < -0.4 is 10.6 Å². The number of amides is 2. The average molecular weight is 703 g/mol. The van der Waals surface area contributed by atoms with Gasteiger partial charge in [0, 0.05) is 45.3 Å². The normalized spacial score (nSPS) is 13.7. The molecule has 0 atom stereocenters. The molecule has 10 heteroatoms. The van der Waals surface area contributed by atoms with E-state index in [0.717, 1.165) is 52.0 Å². The summed E-state index contributed by atoms with van der Waals surface area (Å²) in [5.74, 6) is -2.14. The van der Waals surface area contributed by atoms with E-state index in [0.29, 0.717) is 19.0 Å². The molecule has 5 rings (SSSR count). The van der Waals surface area contributed by atoms with Gasteiger partial charge in [-0.15, -0.1) is 0 Å². The number of piperidine rings is 1. The van der Waals surface area contributed by atoms with Crippen molar-refractivity contribution in [2.24, 2.45) is 5.92 Å². The second-order valence-electron chi connectivity index (χ2n) is 13.3. The van der Waals surface area contributed by atoms with Crippen LogP contribution in [0.25, 0.3) is 11.1 Å². The predicted octanol–water partition coefficient (Wildman–Crippen LogP) is 8.15. The van der Waals surface area contributed by atoms with Gasteiger partial charge in [-0.3, -0.25) is 4.90 Å². The van der Waals surface area contributed by atoms with Crippen molar-refractivity contribution in [3.63, 3.8) is 0 Å². The maximum atomic E-state index is 13.9. The number of alkyl halides is 3. The largest absolute Gasteiger partial charge is 0.490 e. The summed E-state index contributed by atoms with van der Waals surface area (Å²) in [6.07, 6.45) is -2.32. The third-order valence-electron chi connectivity index (χ3n) is 8.76. The van der Waals surface area contributed by atoms with Crippen LogP contribution in [0.1, 0.15) is 48.9 Å². The van der Waals surface area contributed by atoms with Crippen molar-refractivity contribution in [2.75, 3.05) is 26.2 Å². The number of carbonyl (C=O) groups is 2. The molecule has 1 fully saturated rings. The fourth-order valence-electron chi connectivity index (χ4n) is 6.13. The number of likely N-dealkylation sites (tertiary alicyclic amines) is 1. The lowest BCUT2D eigenvalue weighted by molar-refractivity contribution is -0.192. The summed E-state index contributed by atoms with van der Waals surface area (Å²) in [6.45, 7) is 10.5. The van der Waals surface area contributed by atoms with Gasteiger partial charge in [-0.25, -0.2) is 9.59 Å². The first-order valence-electron chi connectivity index (χ1n) is 17.5. The quantitative estimate of drug-likeness (QED) is 0.131. The SMILES string of the molecule is CC(C)CNCc1cccc(-c2ccccc2CN(C(=O)NCCc2ccccc2)C2CCN(Cc3ccccc3)CC2)c1.O=C(O)C(F)(F)F. The molecule has 1 heterocycles. The molecular formula is C41H49F3N4O3. The molecule has 2 amide bonds. The van der Waals surface area contributed by atoms with Gasteiger partial charge in [0.15, 0.2) is 0 Å². The van der Waals surface area contributed by atoms with E-state index in [1.165, 1.54) is 33.4 Å². The highest BCUT2D eigenvalue weighted by atomic mass is 19.4. The van der Waals surface area contributed by atoms with Crippen molar-refractivity contribution in [3.05, 3.63) is 131 Å². The zero-order valence-corrected chi connectivity index (χ0v) is 29.4. The van der Waals surface area contributed by atoms with Crippen molar-refractivity contribution < 1.29 is 27.9 Å². The van der Waals surface area contributed by atoms with Gasteiger partial charge in [0.05, 0.1) is 0 Å². The van der Waals surface area contributed by atoms with Crippen LogP contribution >= 0.6 is 0 Å². The molecule has 0 unspecified atom stereocenters. The number of halogens is 3. The van der Waals surface area contributed by atoms with Gasteiger partial charge in [0.2, 0.25) is 0 Å². The number of nitrogens with one attached hydrogen (secondary N) is 2. The molecule has 7 nitrogen and oxygen atoms in total. The monoisotopic (exact) mass is 702 g/mol. The summed E-state index contributed by atoms with van der Waals surface area (Å²) in [6, 6.07) is 38.7. The van der Waals surface area contributed by atoms with Crippen LogP contribution in [-0.2, 0) is 30.8 Å². The minimum atomic E-state index is -5.08. The molecule has 51 heavy (non-hydrogen) atoms. The van der Waals surface area contributed by atoms with Gasteiger partial charge in [0.1, 0.15) is 0 Å². The Hall–Kier alpha value is -4.67. The summed E-state index contributed by atoms with van der Waals surface area (Å²) in [7, 11) is 0. The van der Waals surface area contributed by atoms with Crippen LogP contribution in [0.5, 0.6) is 0 Å². The fraction of sp³-hybridized carbons (Fsp3) is 0.366. The molecule has 0 saturated carbocycles. The number of nitrogens with zero attached hydrogens (tertiary/aromatic N) is 2. The Balaban J connectivity index is 0.000000755. The second kappa shape index (κ2) is 19.7. The zero-order valence-electron chi connectivity index (χ0n) is 29.4. The maximum absolute atomic E-state index is 13.9. The molecule has 0 radical (unpaired) electrons. The van der Waals surface area contributed by atoms with E-state index in [2.05, 4.69) is 137 Å². The predicted molar refractivity (Wildman–Crippen MR) is 196 cm³/mol. The number of urea groups is 1. The molecule has 0 spiro atoms. The number of hydrogen-bond donors (Lipinski definition) is 3. The lowest BCUT2D eigenvalue weighted by atomic mass is 9.96. The van der Waals surface area contributed by atoms with Gasteiger partial charge in [-0.2, -0.15) is 13.2 Å². The third kappa shape index (κ3) is 13.2. The van der Waals surface area contributed by atoms with Gasteiger partial charge in [-0.05, 0) is 71.2 Å². The van der Waals surface area contributed by atoms with E-state index >= 15 is 0 Å². The Labute approximate surface area is 299 Å². The fourth-order valence-corrected chi connectivity index (χ4v) is 6.13. The number of hydrogen-bond acceptors (Lipinski definition) is 4. The second-order valence-corrected chi connectivity index (χ2v) is 13.3. The summed E-state index contributed by atoms with van der Waals surface area (Å²) in [5, 5.41) is 14.0. The van der Waals surface area contributed by atoms with Gasteiger partial charge in [-0.1, -0.05) is 117 Å². The molecule has 4 aromatic carbocycles.